The third kappa shape index (κ3) is 2.99. The Balaban J connectivity index is 1.69. The summed E-state index contributed by atoms with van der Waals surface area (Å²) in [7, 11) is 0. The molecule has 132 valence electrons. The van der Waals surface area contributed by atoms with Gasteiger partial charge in [0.05, 0.1) is 18.3 Å². The molecule has 7 heteroatoms. The number of anilines is 1. The molecule has 3 aromatic heterocycles. The predicted octanol–water partition coefficient (Wildman–Crippen LogP) is 2.56. The first-order valence-electron chi connectivity index (χ1n) is 9.13. The topological polar surface area (TPSA) is 64.1 Å². The number of hydrogen-bond acceptors (Lipinski definition) is 5. The summed E-state index contributed by atoms with van der Waals surface area (Å²) in [4.78, 5) is 11.4. The summed E-state index contributed by atoms with van der Waals surface area (Å²) in [5.74, 6) is 1.80. The van der Waals surface area contributed by atoms with Crippen LogP contribution in [0.25, 0.3) is 5.78 Å². The van der Waals surface area contributed by atoms with Gasteiger partial charge in [0, 0.05) is 24.0 Å². The van der Waals surface area contributed by atoms with Crippen molar-refractivity contribution in [1.29, 1.82) is 0 Å². The van der Waals surface area contributed by atoms with E-state index in [0.717, 1.165) is 43.1 Å². The molecule has 0 aromatic carbocycles. The van der Waals surface area contributed by atoms with Gasteiger partial charge in [-0.1, -0.05) is 13.3 Å². The molecule has 0 N–H and O–H groups in total. The highest BCUT2D eigenvalue weighted by molar-refractivity contribution is 5.49. The molecule has 0 amide bonds. The van der Waals surface area contributed by atoms with Gasteiger partial charge in [0.2, 0.25) is 0 Å². The number of rotatable bonds is 5. The van der Waals surface area contributed by atoms with Gasteiger partial charge >= 0.3 is 0 Å². The maximum atomic E-state index is 4.64. The van der Waals surface area contributed by atoms with Crippen LogP contribution in [0.1, 0.15) is 43.3 Å². The lowest BCUT2D eigenvalue weighted by molar-refractivity contribution is 0.494. The number of hydrogen-bond donors (Lipinski definition) is 0. The van der Waals surface area contributed by atoms with E-state index in [-0.39, 0.29) is 0 Å². The Hall–Kier alpha value is -2.44. The maximum Gasteiger partial charge on any atom is 0.254 e. The Kier molecular flexibility index (Phi) is 4.15. The maximum absolute atomic E-state index is 4.64. The summed E-state index contributed by atoms with van der Waals surface area (Å²) in [5, 5.41) is 9.05. The summed E-state index contributed by atoms with van der Waals surface area (Å²) in [6, 6.07) is 4.74. The van der Waals surface area contributed by atoms with Gasteiger partial charge in [0.25, 0.3) is 5.78 Å². The summed E-state index contributed by atoms with van der Waals surface area (Å²) in [6.45, 7) is 8.29. The second-order valence-electron chi connectivity index (χ2n) is 6.93. The van der Waals surface area contributed by atoms with E-state index in [2.05, 4.69) is 62.7 Å². The molecule has 0 saturated carbocycles. The molecule has 0 radical (unpaired) electrons. The molecule has 1 atom stereocenters. The molecule has 0 aliphatic carbocycles. The molecule has 4 heterocycles. The zero-order valence-corrected chi connectivity index (χ0v) is 15.2. The van der Waals surface area contributed by atoms with Gasteiger partial charge < -0.3 is 4.90 Å². The molecule has 1 aliphatic rings. The quantitative estimate of drug-likeness (QED) is 0.715. The molecule has 3 aromatic rings. The lowest BCUT2D eigenvalue weighted by atomic mass is 10.2. The fraction of sp³-hybridized carbons (Fsp3) is 0.556. The Bertz CT molecular complexity index is 879. The minimum Gasteiger partial charge on any atom is -0.352 e. The first-order chi connectivity index (χ1) is 12.2. The number of fused-ring (bicyclic) bond motifs is 1. The van der Waals surface area contributed by atoms with Crippen molar-refractivity contribution in [2.24, 2.45) is 0 Å². The molecular formula is C18H25N7. The number of aryl methyl sites for hydroxylation is 3. The molecule has 25 heavy (non-hydrogen) atoms. The molecular weight excluding hydrogens is 314 g/mol. The van der Waals surface area contributed by atoms with Crippen LogP contribution in [-0.4, -0.2) is 41.9 Å². The Morgan fingerprint density at radius 3 is 2.88 bits per heavy atom. The minimum atomic E-state index is 0.419. The van der Waals surface area contributed by atoms with Crippen LogP contribution in [0.15, 0.2) is 18.5 Å². The van der Waals surface area contributed by atoms with Crippen LogP contribution in [0.5, 0.6) is 0 Å². The van der Waals surface area contributed by atoms with E-state index >= 15 is 0 Å². The van der Waals surface area contributed by atoms with Crippen molar-refractivity contribution in [3.05, 3.63) is 35.5 Å². The number of aromatic nitrogens is 6. The minimum absolute atomic E-state index is 0.419. The molecule has 0 bridgehead atoms. The van der Waals surface area contributed by atoms with Crippen molar-refractivity contribution in [3.63, 3.8) is 0 Å². The summed E-state index contributed by atoms with van der Waals surface area (Å²) in [6.07, 6.45) is 5.98. The highest BCUT2D eigenvalue weighted by Crippen LogP contribution is 2.27. The number of nitrogens with zero attached hydrogens (tertiary/aromatic N) is 7. The smallest absolute Gasteiger partial charge is 0.254 e. The van der Waals surface area contributed by atoms with Crippen molar-refractivity contribution < 1.29 is 0 Å². The van der Waals surface area contributed by atoms with Gasteiger partial charge in [-0.25, -0.2) is 4.98 Å². The van der Waals surface area contributed by atoms with E-state index in [1.165, 1.54) is 18.5 Å². The summed E-state index contributed by atoms with van der Waals surface area (Å²) >= 11 is 0. The highest BCUT2D eigenvalue weighted by atomic mass is 15.4. The summed E-state index contributed by atoms with van der Waals surface area (Å²) < 4.78 is 4.00. The van der Waals surface area contributed by atoms with Crippen LogP contribution in [0.3, 0.4) is 0 Å². The van der Waals surface area contributed by atoms with Crippen LogP contribution < -0.4 is 4.90 Å². The Morgan fingerprint density at radius 2 is 2.12 bits per heavy atom. The largest absolute Gasteiger partial charge is 0.352 e. The molecule has 7 nitrogen and oxygen atoms in total. The van der Waals surface area contributed by atoms with Crippen LogP contribution in [0.4, 0.5) is 5.82 Å². The molecule has 1 fully saturated rings. The van der Waals surface area contributed by atoms with E-state index in [4.69, 9.17) is 0 Å². The van der Waals surface area contributed by atoms with E-state index < -0.39 is 0 Å². The van der Waals surface area contributed by atoms with Gasteiger partial charge in [0.1, 0.15) is 12.1 Å². The predicted molar refractivity (Wildman–Crippen MR) is 96.8 cm³/mol. The molecule has 0 unspecified atom stereocenters. The second kappa shape index (κ2) is 6.46. The highest BCUT2D eigenvalue weighted by Gasteiger charge is 2.28. The van der Waals surface area contributed by atoms with E-state index in [1.54, 1.807) is 6.33 Å². The zero-order valence-electron chi connectivity index (χ0n) is 15.2. The van der Waals surface area contributed by atoms with Crippen molar-refractivity contribution in [3.8, 4) is 0 Å². The van der Waals surface area contributed by atoms with Gasteiger partial charge in [-0.05, 0) is 39.2 Å². The van der Waals surface area contributed by atoms with Crippen LogP contribution >= 0.6 is 0 Å². The molecule has 4 rings (SSSR count). The molecule has 1 saturated heterocycles. The van der Waals surface area contributed by atoms with E-state index in [0.29, 0.717) is 11.8 Å². The van der Waals surface area contributed by atoms with Gasteiger partial charge in [-0.2, -0.15) is 19.7 Å². The Morgan fingerprint density at radius 1 is 1.24 bits per heavy atom. The van der Waals surface area contributed by atoms with Crippen LogP contribution in [0.2, 0.25) is 0 Å². The first-order valence-corrected chi connectivity index (χ1v) is 9.13. The summed E-state index contributed by atoms with van der Waals surface area (Å²) in [5.41, 5.74) is 3.39. The van der Waals surface area contributed by atoms with Crippen LogP contribution in [-0.2, 0) is 13.0 Å². The van der Waals surface area contributed by atoms with Gasteiger partial charge in [-0.15, -0.1) is 0 Å². The van der Waals surface area contributed by atoms with Gasteiger partial charge in [0.15, 0.2) is 0 Å². The van der Waals surface area contributed by atoms with Crippen LogP contribution in [0, 0.1) is 13.8 Å². The third-order valence-electron chi connectivity index (χ3n) is 4.95. The van der Waals surface area contributed by atoms with E-state index in [9.17, 15) is 0 Å². The first kappa shape index (κ1) is 16.1. The normalized spacial score (nSPS) is 17.7. The van der Waals surface area contributed by atoms with Crippen molar-refractivity contribution >= 4 is 11.6 Å². The fourth-order valence-electron chi connectivity index (χ4n) is 3.82. The van der Waals surface area contributed by atoms with E-state index in [1.807, 2.05) is 4.52 Å². The fourth-order valence-corrected chi connectivity index (χ4v) is 3.82. The van der Waals surface area contributed by atoms with Gasteiger partial charge in [-0.3, -0.25) is 4.68 Å². The molecule has 0 spiro atoms. The standard InChI is InChI=1S/C18H25N7/c1-4-6-15-10-17(25-18(21-15)19-12-20-25)23-8-5-7-16(23)11-24-14(3)9-13(2)22-24/h9-10,12,16H,4-8,11H2,1-3H3/t16-/m0/s1. The van der Waals surface area contributed by atoms with Crippen molar-refractivity contribution in [1.82, 2.24) is 29.4 Å². The zero-order chi connectivity index (χ0) is 17.4. The third-order valence-corrected chi connectivity index (χ3v) is 4.95. The Labute approximate surface area is 147 Å². The average Bonchev–Trinajstić information content (AvgIpc) is 3.28. The van der Waals surface area contributed by atoms with Crippen molar-refractivity contribution in [2.75, 3.05) is 11.4 Å². The second-order valence-corrected chi connectivity index (χ2v) is 6.93. The van der Waals surface area contributed by atoms with Crippen molar-refractivity contribution in [2.45, 2.75) is 59.0 Å². The molecule has 1 aliphatic heterocycles. The SMILES string of the molecule is CCCc1cc(N2CCC[C@H]2Cn2nc(C)cc2C)n2ncnc2n1. The average molecular weight is 339 g/mol. The lowest BCUT2D eigenvalue weighted by Gasteiger charge is -2.27. The monoisotopic (exact) mass is 339 g/mol. The lowest BCUT2D eigenvalue weighted by Crippen LogP contribution is -2.35.